The van der Waals surface area contributed by atoms with E-state index >= 15 is 0 Å². The average molecular weight is 519 g/mol. The summed E-state index contributed by atoms with van der Waals surface area (Å²) in [5, 5.41) is 2.91. The SMILES string of the molecule is Cc1cccn2cc(-c3ccc(NC(=O)c4ncc(S(C)(=O)=O)cc4CN4CCN(C)CC4)cc3)nc12. The molecule has 9 nitrogen and oxygen atoms in total. The van der Waals surface area contributed by atoms with Gasteiger partial charge < -0.3 is 14.6 Å². The summed E-state index contributed by atoms with van der Waals surface area (Å²) in [7, 11) is -1.38. The number of hydrogen-bond acceptors (Lipinski definition) is 7. The number of nitrogens with one attached hydrogen (secondary N) is 1. The first-order valence-electron chi connectivity index (χ1n) is 12.1. The van der Waals surface area contributed by atoms with Crippen LogP contribution in [-0.4, -0.2) is 78.0 Å². The molecule has 0 spiro atoms. The Labute approximate surface area is 216 Å². The summed E-state index contributed by atoms with van der Waals surface area (Å²) in [5.41, 5.74) is 5.24. The van der Waals surface area contributed by atoms with Crippen LogP contribution < -0.4 is 5.32 Å². The molecule has 3 aromatic heterocycles. The van der Waals surface area contributed by atoms with Gasteiger partial charge in [0.2, 0.25) is 0 Å². The van der Waals surface area contributed by atoms with Gasteiger partial charge in [-0.1, -0.05) is 18.2 Å². The number of amides is 1. The molecule has 5 rings (SSSR count). The summed E-state index contributed by atoms with van der Waals surface area (Å²) in [6.07, 6.45) is 6.35. The molecule has 4 aromatic rings. The third-order valence-electron chi connectivity index (χ3n) is 6.69. The van der Waals surface area contributed by atoms with Crippen molar-refractivity contribution in [3.8, 4) is 11.3 Å². The molecule has 0 aliphatic carbocycles. The van der Waals surface area contributed by atoms with Crippen LogP contribution in [0.4, 0.5) is 5.69 Å². The summed E-state index contributed by atoms with van der Waals surface area (Å²) in [5.74, 6) is -0.375. The summed E-state index contributed by atoms with van der Waals surface area (Å²) < 4.78 is 26.3. The van der Waals surface area contributed by atoms with E-state index < -0.39 is 9.84 Å². The van der Waals surface area contributed by atoms with Crippen LogP contribution >= 0.6 is 0 Å². The van der Waals surface area contributed by atoms with Crippen LogP contribution in [0.2, 0.25) is 0 Å². The predicted molar refractivity (Wildman–Crippen MR) is 143 cm³/mol. The Balaban J connectivity index is 1.37. The van der Waals surface area contributed by atoms with E-state index in [1.54, 1.807) is 6.07 Å². The molecule has 0 radical (unpaired) electrons. The summed E-state index contributed by atoms with van der Waals surface area (Å²) in [6.45, 7) is 5.99. The van der Waals surface area contributed by atoms with Crippen molar-refractivity contribution in [3.05, 3.63) is 77.9 Å². The van der Waals surface area contributed by atoms with E-state index in [0.29, 0.717) is 17.8 Å². The number of anilines is 1. The smallest absolute Gasteiger partial charge is 0.274 e. The first-order valence-corrected chi connectivity index (χ1v) is 14.0. The third kappa shape index (κ3) is 5.56. The van der Waals surface area contributed by atoms with Gasteiger partial charge in [-0.25, -0.2) is 18.4 Å². The first-order chi connectivity index (χ1) is 17.7. The maximum Gasteiger partial charge on any atom is 0.274 e. The molecule has 0 saturated carbocycles. The molecule has 192 valence electrons. The van der Waals surface area contributed by atoms with Gasteiger partial charge in [0.1, 0.15) is 11.3 Å². The highest BCUT2D eigenvalue weighted by molar-refractivity contribution is 7.90. The predicted octanol–water partition coefficient (Wildman–Crippen LogP) is 3.11. The fourth-order valence-electron chi connectivity index (χ4n) is 4.47. The fraction of sp³-hybridized carbons (Fsp3) is 0.296. The normalized spacial score (nSPS) is 15.2. The number of sulfone groups is 1. The second-order valence-electron chi connectivity index (χ2n) is 9.61. The van der Waals surface area contributed by atoms with Gasteiger partial charge in [0.05, 0.1) is 10.6 Å². The number of aromatic nitrogens is 3. The number of likely N-dealkylation sites (N-methyl/N-ethyl adjacent to an activating group) is 1. The van der Waals surface area contributed by atoms with Crippen LogP contribution in [0.25, 0.3) is 16.9 Å². The number of aryl methyl sites for hydroxylation is 1. The summed E-state index contributed by atoms with van der Waals surface area (Å²) in [4.78, 5) is 26.8. The van der Waals surface area contributed by atoms with Crippen molar-refractivity contribution < 1.29 is 13.2 Å². The van der Waals surface area contributed by atoms with Gasteiger partial charge in [-0.3, -0.25) is 9.69 Å². The Morgan fingerprint density at radius 1 is 1.08 bits per heavy atom. The van der Waals surface area contributed by atoms with Gasteiger partial charge in [0.25, 0.3) is 5.91 Å². The molecule has 4 heterocycles. The van der Waals surface area contributed by atoms with Crippen LogP contribution in [0.3, 0.4) is 0 Å². The standard InChI is InChI=1S/C27H30N6O3S/c1-19-5-4-10-33-18-24(30-26(19)33)20-6-8-22(9-7-20)29-27(34)25-21(15-23(16-28-25)37(3,35)36)17-32-13-11-31(2)12-14-32/h4-10,15-16,18H,11-14,17H2,1-3H3,(H,29,34). The molecule has 1 aliphatic rings. The molecule has 0 atom stereocenters. The van der Waals surface area contributed by atoms with Crippen molar-refractivity contribution in [2.45, 2.75) is 18.4 Å². The Hall–Kier alpha value is -3.60. The van der Waals surface area contributed by atoms with Crippen LogP contribution in [0.1, 0.15) is 21.6 Å². The number of rotatable bonds is 6. The number of imidazole rings is 1. The minimum absolute atomic E-state index is 0.111. The number of nitrogens with zero attached hydrogens (tertiary/aromatic N) is 5. The quantitative estimate of drug-likeness (QED) is 0.419. The van der Waals surface area contributed by atoms with Crippen molar-refractivity contribution >= 4 is 27.1 Å². The van der Waals surface area contributed by atoms with Gasteiger partial charge in [-0.05, 0) is 49.4 Å². The Morgan fingerprint density at radius 2 is 1.81 bits per heavy atom. The number of carbonyl (C=O) groups is 1. The van der Waals surface area contributed by atoms with E-state index in [9.17, 15) is 13.2 Å². The van der Waals surface area contributed by atoms with E-state index in [1.807, 2.05) is 60.1 Å². The summed E-state index contributed by atoms with van der Waals surface area (Å²) in [6, 6.07) is 13.1. The van der Waals surface area contributed by atoms with Crippen molar-refractivity contribution in [1.82, 2.24) is 24.2 Å². The molecule has 1 saturated heterocycles. The maximum absolute atomic E-state index is 13.2. The van der Waals surface area contributed by atoms with Gasteiger partial charge in [-0.2, -0.15) is 0 Å². The minimum atomic E-state index is -3.45. The highest BCUT2D eigenvalue weighted by atomic mass is 32.2. The molecule has 1 N–H and O–H groups in total. The van der Waals surface area contributed by atoms with E-state index in [0.717, 1.165) is 54.9 Å². The van der Waals surface area contributed by atoms with Gasteiger partial charge in [0, 0.05) is 68.8 Å². The van der Waals surface area contributed by atoms with Gasteiger partial charge in [-0.15, -0.1) is 0 Å². The number of benzene rings is 1. The monoisotopic (exact) mass is 518 g/mol. The lowest BCUT2D eigenvalue weighted by Crippen LogP contribution is -2.44. The van der Waals surface area contributed by atoms with Crippen molar-refractivity contribution in [3.63, 3.8) is 0 Å². The number of pyridine rings is 2. The molecule has 0 bridgehead atoms. The van der Waals surface area contributed by atoms with Crippen molar-refractivity contribution in [2.24, 2.45) is 0 Å². The largest absolute Gasteiger partial charge is 0.321 e. The van der Waals surface area contributed by atoms with E-state index in [1.165, 1.54) is 6.20 Å². The van der Waals surface area contributed by atoms with E-state index in [2.05, 4.69) is 27.1 Å². The number of carbonyl (C=O) groups excluding carboxylic acids is 1. The fourth-order valence-corrected chi connectivity index (χ4v) is 5.07. The number of hydrogen-bond donors (Lipinski definition) is 1. The molecule has 0 unspecified atom stereocenters. The Kier molecular flexibility index (Phi) is 6.80. The van der Waals surface area contributed by atoms with Crippen LogP contribution in [0.5, 0.6) is 0 Å². The molecule has 1 aromatic carbocycles. The Bertz CT molecular complexity index is 1560. The minimum Gasteiger partial charge on any atom is -0.321 e. The topological polar surface area (TPSA) is 99.9 Å². The first kappa shape index (κ1) is 25.1. The highest BCUT2D eigenvalue weighted by Gasteiger charge is 2.21. The lowest BCUT2D eigenvalue weighted by molar-refractivity contribution is 0.101. The zero-order valence-corrected chi connectivity index (χ0v) is 22.0. The lowest BCUT2D eigenvalue weighted by Gasteiger charge is -2.32. The molecule has 10 heteroatoms. The number of piperazine rings is 1. The zero-order valence-electron chi connectivity index (χ0n) is 21.2. The van der Waals surface area contributed by atoms with Gasteiger partial charge in [0.15, 0.2) is 9.84 Å². The van der Waals surface area contributed by atoms with E-state index in [4.69, 9.17) is 4.98 Å². The Morgan fingerprint density at radius 3 is 2.49 bits per heavy atom. The summed E-state index contributed by atoms with van der Waals surface area (Å²) >= 11 is 0. The third-order valence-corrected chi connectivity index (χ3v) is 7.77. The van der Waals surface area contributed by atoms with E-state index in [-0.39, 0.29) is 16.5 Å². The lowest BCUT2D eigenvalue weighted by atomic mass is 10.1. The zero-order chi connectivity index (χ0) is 26.2. The molecule has 37 heavy (non-hydrogen) atoms. The maximum atomic E-state index is 13.2. The second kappa shape index (κ2) is 10.0. The van der Waals surface area contributed by atoms with Crippen LogP contribution in [-0.2, 0) is 16.4 Å². The highest BCUT2D eigenvalue weighted by Crippen LogP contribution is 2.23. The van der Waals surface area contributed by atoms with Crippen LogP contribution in [0.15, 0.2) is 66.0 Å². The van der Waals surface area contributed by atoms with Crippen molar-refractivity contribution in [2.75, 3.05) is 44.8 Å². The van der Waals surface area contributed by atoms with Crippen molar-refractivity contribution in [1.29, 1.82) is 0 Å². The molecular formula is C27H30N6O3S. The molecule has 1 amide bonds. The average Bonchev–Trinajstić information content (AvgIpc) is 3.31. The molecule has 1 fully saturated rings. The second-order valence-corrected chi connectivity index (χ2v) is 11.6. The molecule has 1 aliphatic heterocycles. The van der Waals surface area contributed by atoms with Crippen LogP contribution in [0, 0.1) is 6.92 Å². The van der Waals surface area contributed by atoms with Gasteiger partial charge >= 0.3 is 0 Å². The number of fused-ring (bicyclic) bond motifs is 1. The molecular weight excluding hydrogens is 488 g/mol.